The van der Waals surface area contributed by atoms with Gasteiger partial charge in [-0.25, -0.2) is 0 Å². The van der Waals surface area contributed by atoms with Crippen molar-refractivity contribution in [2.45, 2.75) is 25.7 Å². The Kier molecular flexibility index (Phi) is 2.82. The molecule has 2 bridgehead atoms. The Labute approximate surface area is 70.8 Å². The number of fused-ring (bicyclic) bond motifs is 2. The minimum absolute atomic E-state index is 1.08. The van der Waals surface area contributed by atoms with Crippen LogP contribution < -0.4 is 0 Å². The lowest BCUT2D eigenvalue weighted by atomic mass is 10.1. The average Bonchev–Trinajstić information content (AvgIpc) is 2.42. The Morgan fingerprint density at radius 2 is 2.00 bits per heavy atom. The van der Waals surface area contributed by atoms with Crippen molar-refractivity contribution in [3.8, 4) is 0 Å². The van der Waals surface area contributed by atoms with Gasteiger partial charge >= 0.3 is 10.6 Å². The molecule has 0 spiro atoms. The summed E-state index contributed by atoms with van der Waals surface area (Å²) in [5.74, 6) is 1.08. The first-order valence-electron chi connectivity index (χ1n) is 3.77. The molecular formula is C7H10F2O2S. The first-order chi connectivity index (χ1) is 5.45. The summed E-state index contributed by atoms with van der Waals surface area (Å²) in [6.45, 7) is 0. The Balaban J connectivity index is 0.000000130. The molecule has 1 atom stereocenters. The van der Waals surface area contributed by atoms with Crippen molar-refractivity contribution in [3.05, 3.63) is 11.6 Å². The SMILES string of the molecule is C1=C2CCC(C1)C2.O=S(=O)(F)F. The molecule has 2 nitrogen and oxygen atoms in total. The number of hydrogen-bond donors (Lipinski definition) is 0. The standard InChI is InChI=1S/C7H10.F2O2S/c1-2-7-4-3-6(1)5-7;1-5(2,3)4/h1,7H,2-5H2;. The minimum Gasteiger partial charge on any atom is -0.160 e. The molecule has 1 unspecified atom stereocenters. The average molecular weight is 196 g/mol. The minimum atomic E-state index is -5.67. The summed E-state index contributed by atoms with van der Waals surface area (Å²) >= 11 is 0. The van der Waals surface area contributed by atoms with Crippen LogP contribution in [0.5, 0.6) is 0 Å². The fraction of sp³-hybridized carbons (Fsp3) is 0.714. The van der Waals surface area contributed by atoms with E-state index in [1.165, 1.54) is 25.7 Å². The molecule has 2 rings (SSSR count). The monoisotopic (exact) mass is 196 g/mol. The van der Waals surface area contributed by atoms with Crippen LogP contribution in [0.3, 0.4) is 0 Å². The number of hydrogen-bond acceptors (Lipinski definition) is 2. The van der Waals surface area contributed by atoms with Crippen LogP contribution in [-0.2, 0) is 10.6 Å². The molecule has 70 valence electrons. The zero-order valence-electron chi connectivity index (χ0n) is 6.46. The van der Waals surface area contributed by atoms with Crippen LogP contribution in [0.4, 0.5) is 7.77 Å². The maximum absolute atomic E-state index is 9.99. The highest BCUT2D eigenvalue weighted by Gasteiger charge is 2.22. The second kappa shape index (κ2) is 3.51. The van der Waals surface area contributed by atoms with Gasteiger partial charge in [0.05, 0.1) is 0 Å². The second-order valence-electron chi connectivity index (χ2n) is 3.09. The Morgan fingerprint density at radius 1 is 1.42 bits per heavy atom. The van der Waals surface area contributed by atoms with Crippen molar-refractivity contribution in [1.29, 1.82) is 0 Å². The van der Waals surface area contributed by atoms with Crippen LogP contribution >= 0.6 is 0 Å². The Bertz CT molecular complexity index is 274. The van der Waals surface area contributed by atoms with Crippen molar-refractivity contribution in [2.24, 2.45) is 5.92 Å². The van der Waals surface area contributed by atoms with E-state index in [0.29, 0.717) is 0 Å². The van der Waals surface area contributed by atoms with Gasteiger partial charge in [-0.3, -0.25) is 0 Å². The van der Waals surface area contributed by atoms with E-state index in [9.17, 15) is 7.77 Å². The maximum atomic E-state index is 9.99. The van der Waals surface area contributed by atoms with Gasteiger partial charge in [0.15, 0.2) is 0 Å². The van der Waals surface area contributed by atoms with E-state index in [1.807, 2.05) is 0 Å². The van der Waals surface area contributed by atoms with Crippen LogP contribution in [0, 0.1) is 5.92 Å². The molecule has 5 heteroatoms. The molecule has 0 radical (unpaired) electrons. The molecule has 2 aliphatic rings. The van der Waals surface area contributed by atoms with Crippen molar-refractivity contribution in [3.63, 3.8) is 0 Å². The summed E-state index contributed by atoms with van der Waals surface area (Å²) in [7, 11) is -5.67. The molecule has 0 N–H and O–H groups in total. The summed E-state index contributed by atoms with van der Waals surface area (Å²) in [4.78, 5) is 0. The van der Waals surface area contributed by atoms with Crippen molar-refractivity contribution in [1.82, 2.24) is 0 Å². The normalized spacial score (nSPS) is 26.2. The largest absolute Gasteiger partial charge is 0.476 e. The van der Waals surface area contributed by atoms with Crippen LogP contribution in [-0.4, -0.2) is 8.42 Å². The van der Waals surface area contributed by atoms with Gasteiger partial charge < -0.3 is 0 Å². The predicted molar refractivity (Wildman–Crippen MR) is 41.2 cm³/mol. The van der Waals surface area contributed by atoms with E-state index < -0.39 is 10.6 Å². The summed E-state index contributed by atoms with van der Waals surface area (Å²) in [6, 6.07) is 0. The highest BCUT2D eigenvalue weighted by molar-refractivity contribution is 7.81. The Morgan fingerprint density at radius 3 is 2.08 bits per heavy atom. The summed E-state index contributed by atoms with van der Waals surface area (Å²) in [5.41, 5.74) is 1.74. The van der Waals surface area contributed by atoms with Crippen LogP contribution in [0.1, 0.15) is 25.7 Å². The van der Waals surface area contributed by atoms with Gasteiger partial charge in [0.2, 0.25) is 0 Å². The van der Waals surface area contributed by atoms with Gasteiger partial charge in [0.25, 0.3) is 0 Å². The quantitative estimate of drug-likeness (QED) is 0.440. The first-order valence-corrected chi connectivity index (χ1v) is 5.05. The summed E-state index contributed by atoms with van der Waals surface area (Å²) < 4.78 is 36.6. The molecule has 0 amide bonds. The van der Waals surface area contributed by atoms with Crippen molar-refractivity contribution in [2.75, 3.05) is 0 Å². The van der Waals surface area contributed by atoms with Crippen LogP contribution in [0.15, 0.2) is 11.6 Å². The fourth-order valence-electron chi connectivity index (χ4n) is 1.68. The van der Waals surface area contributed by atoms with E-state index >= 15 is 0 Å². The molecule has 0 saturated heterocycles. The van der Waals surface area contributed by atoms with Gasteiger partial charge in [0.1, 0.15) is 0 Å². The van der Waals surface area contributed by atoms with Gasteiger partial charge in [-0.2, -0.15) is 8.42 Å². The van der Waals surface area contributed by atoms with E-state index in [-0.39, 0.29) is 0 Å². The van der Waals surface area contributed by atoms with E-state index in [0.717, 1.165) is 5.92 Å². The van der Waals surface area contributed by atoms with Gasteiger partial charge in [-0.15, -0.1) is 0 Å². The van der Waals surface area contributed by atoms with Crippen LogP contribution in [0.2, 0.25) is 0 Å². The third kappa shape index (κ3) is 3.80. The number of allylic oxidation sites excluding steroid dienone is 2. The maximum Gasteiger partial charge on any atom is 0.476 e. The molecule has 0 aromatic heterocycles. The molecule has 1 fully saturated rings. The Hall–Kier alpha value is -0.450. The second-order valence-corrected chi connectivity index (χ2v) is 3.84. The molecule has 2 aliphatic carbocycles. The smallest absolute Gasteiger partial charge is 0.160 e. The summed E-state index contributed by atoms with van der Waals surface area (Å²) in [5, 5.41) is 0. The number of rotatable bonds is 0. The molecule has 0 heterocycles. The van der Waals surface area contributed by atoms with Crippen LogP contribution in [0.25, 0.3) is 0 Å². The fourth-order valence-corrected chi connectivity index (χ4v) is 1.68. The van der Waals surface area contributed by atoms with Crippen molar-refractivity contribution < 1.29 is 16.2 Å². The lowest BCUT2D eigenvalue weighted by Gasteiger charge is -1.98. The molecule has 0 aromatic rings. The van der Waals surface area contributed by atoms with E-state index in [4.69, 9.17) is 8.42 Å². The first kappa shape index (κ1) is 9.64. The molecular weight excluding hydrogens is 186 g/mol. The van der Waals surface area contributed by atoms with E-state index in [1.54, 1.807) is 5.57 Å². The highest BCUT2D eigenvalue weighted by Crippen LogP contribution is 2.38. The topological polar surface area (TPSA) is 34.1 Å². The third-order valence-electron chi connectivity index (χ3n) is 2.16. The lowest BCUT2D eigenvalue weighted by Crippen LogP contribution is -1.85. The van der Waals surface area contributed by atoms with Crippen molar-refractivity contribution >= 4 is 10.6 Å². The number of halogens is 2. The molecule has 0 aromatic carbocycles. The lowest BCUT2D eigenvalue weighted by molar-refractivity contribution is 0.501. The predicted octanol–water partition coefficient (Wildman–Crippen LogP) is 2.29. The molecule has 1 saturated carbocycles. The molecule has 0 aliphatic heterocycles. The zero-order valence-corrected chi connectivity index (χ0v) is 7.28. The summed E-state index contributed by atoms with van der Waals surface area (Å²) in [6.07, 6.45) is 8.18. The van der Waals surface area contributed by atoms with E-state index in [2.05, 4.69) is 6.08 Å². The third-order valence-corrected chi connectivity index (χ3v) is 2.16. The van der Waals surface area contributed by atoms with Gasteiger partial charge in [-0.05, 0) is 31.6 Å². The highest BCUT2D eigenvalue weighted by atomic mass is 32.3. The van der Waals surface area contributed by atoms with Gasteiger partial charge in [-0.1, -0.05) is 19.4 Å². The zero-order chi connectivity index (χ0) is 9.19. The molecule has 12 heavy (non-hydrogen) atoms. The van der Waals surface area contributed by atoms with Gasteiger partial charge in [0, 0.05) is 0 Å².